The van der Waals surface area contributed by atoms with Crippen molar-refractivity contribution in [3.63, 3.8) is 0 Å². The first-order valence-electron chi connectivity index (χ1n) is 10.8. The Bertz CT molecular complexity index is 1490. The Morgan fingerprint density at radius 2 is 1.81 bits per heavy atom. The number of nitrogens with two attached hydrogens (primary N) is 1. The summed E-state index contributed by atoms with van der Waals surface area (Å²) in [7, 11) is 1.17. The summed E-state index contributed by atoms with van der Waals surface area (Å²) in [5.74, 6) is -4.34. The minimum atomic E-state index is -4.40. The Balaban J connectivity index is 1.80. The molecular weight excluding hydrogens is 501 g/mol. The molecule has 0 spiro atoms. The molecule has 0 aliphatic carbocycles. The van der Waals surface area contributed by atoms with E-state index in [9.17, 15) is 26.7 Å². The molecule has 0 unspecified atom stereocenters. The first-order chi connectivity index (χ1) is 17.5. The molecule has 0 aliphatic heterocycles. The van der Waals surface area contributed by atoms with Crippen molar-refractivity contribution >= 4 is 17.2 Å². The van der Waals surface area contributed by atoms with Gasteiger partial charge in [-0.15, -0.1) is 5.10 Å². The van der Waals surface area contributed by atoms with Gasteiger partial charge in [0.25, 0.3) is 0 Å². The van der Waals surface area contributed by atoms with Crippen LogP contribution in [0.25, 0.3) is 16.9 Å². The van der Waals surface area contributed by atoms with E-state index in [1.807, 2.05) is 0 Å². The average molecular weight is 521 g/mol. The van der Waals surface area contributed by atoms with Gasteiger partial charge in [0.1, 0.15) is 0 Å². The van der Waals surface area contributed by atoms with Gasteiger partial charge in [-0.25, -0.2) is 9.50 Å². The first kappa shape index (κ1) is 25.7. The number of carbonyl (C=O) groups is 1. The van der Waals surface area contributed by atoms with E-state index in [1.165, 1.54) is 30.0 Å². The van der Waals surface area contributed by atoms with E-state index in [4.69, 9.17) is 15.2 Å². The molecule has 0 radical (unpaired) electrons. The summed E-state index contributed by atoms with van der Waals surface area (Å²) in [5.41, 5.74) is 7.46. The SMILES string of the molecule is COc1ccc(Oc2cc(NCCC(F)(F)F)c3ncc(-c4ccc(C(N)=O)c(C)c4)n3n2)c(F)c1F. The van der Waals surface area contributed by atoms with E-state index >= 15 is 0 Å². The van der Waals surface area contributed by atoms with Crippen molar-refractivity contribution in [3.05, 3.63) is 65.4 Å². The second-order valence-corrected chi connectivity index (χ2v) is 7.96. The standard InChI is InChI=1S/C24H20F5N5O3/c1-12-9-13(3-4-14(12)22(30)35)16-11-32-23-15(31-8-7-24(27,28)29)10-19(33-34(16)23)37-18-6-5-17(36-2)20(25)21(18)26/h3-6,9-11,31H,7-8H2,1-2H3,(H2,30,35). The number of ether oxygens (including phenoxy) is 2. The second-order valence-electron chi connectivity index (χ2n) is 7.96. The molecule has 0 fully saturated rings. The smallest absolute Gasteiger partial charge is 0.390 e. The lowest BCUT2D eigenvalue weighted by Gasteiger charge is -2.13. The number of carbonyl (C=O) groups excluding carboxylic acids is 1. The van der Waals surface area contributed by atoms with Crippen molar-refractivity contribution < 1.29 is 36.2 Å². The summed E-state index contributed by atoms with van der Waals surface area (Å²) >= 11 is 0. The highest BCUT2D eigenvalue weighted by Gasteiger charge is 2.26. The fourth-order valence-corrected chi connectivity index (χ4v) is 3.62. The van der Waals surface area contributed by atoms with Crippen LogP contribution in [0, 0.1) is 18.6 Å². The van der Waals surface area contributed by atoms with Crippen LogP contribution in [0.2, 0.25) is 0 Å². The molecule has 2 aromatic heterocycles. The number of rotatable bonds is 8. The summed E-state index contributed by atoms with van der Waals surface area (Å²) in [6.07, 6.45) is -4.11. The lowest BCUT2D eigenvalue weighted by atomic mass is 10.0. The van der Waals surface area contributed by atoms with Crippen LogP contribution in [-0.4, -0.2) is 40.3 Å². The van der Waals surface area contributed by atoms with Crippen molar-refractivity contribution in [1.82, 2.24) is 14.6 Å². The van der Waals surface area contributed by atoms with Crippen LogP contribution in [0.1, 0.15) is 22.3 Å². The zero-order chi connectivity index (χ0) is 26.9. The topological polar surface area (TPSA) is 104 Å². The zero-order valence-electron chi connectivity index (χ0n) is 19.5. The van der Waals surface area contributed by atoms with E-state index in [1.54, 1.807) is 19.1 Å². The Morgan fingerprint density at radius 3 is 2.46 bits per heavy atom. The third-order valence-electron chi connectivity index (χ3n) is 5.40. The van der Waals surface area contributed by atoms with Crippen LogP contribution >= 0.6 is 0 Å². The minimum Gasteiger partial charge on any atom is -0.494 e. The normalized spacial score (nSPS) is 11.5. The van der Waals surface area contributed by atoms with Crippen LogP contribution < -0.4 is 20.5 Å². The minimum absolute atomic E-state index is 0.111. The van der Waals surface area contributed by atoms with Gasteiger partial charge in [-0.2, -0.15) is 22.0 Å². The highest BCUT2D eigenvalue weighted by atomic mass is 19.4. The number of halogens is 5. The Labute approximate surface area is 206 Å². The molecule has 0 saturated heterocycles. The molecule has 37 heavy (non-hydrogen) atoms. The van der Waals surface area contributed by atoms with Crippen molar-refractivity contribution in [2.75, 3.05) is 19.0 Å². The van der Waals surface area contributed by atoms with Crippen molar-refractivity contribution in [3.8, 4) is 28.6 Å². The number of nitrogens with one attached hydrogen (secondary N) is 1. The van der Waals surface area contributed by atoms with E-state index in [0.29, 0.717) is 22.4 Å². The maximum atomic E-state index is 14.5. The highest BCUT2D eigenvalue weighted by molar-refractivity contribution is 5.94. The number of primary amides is 1. The van der Waals surface area contributed by atoms with Crippen LogP contribution in [0.5, 0.6) is 17.4 Å². The molecule has 0 saturated carbocycles. The summed E-state index contributed by atoms with van der Waals surface area (Å²) in [6.45, 7) is 1.20. The predicted octanol–water partition coefficient (Wildman–Crippen LogP) is 5.25. The molecule has 0 aliphatic rings. The van der Waals surface area contributed by atoms with E-state index in [0.717, 1.165) is 12.1 Å². The van der Waals surface area contributed by atoms with E-state index in [2.05, 4.69) is 15.4 Å². The van der Waals surface area contributed by atoms with E-state index < -0.39 is 42.4 Å². The fourth-order valence-electron chi connectivity index (χ4n) is 3.62. The number of hydrogen-bond donors (Lipinski definition) is 2. The number of fused-ring (bicyclic) bond motifs is 1. The number of benzene rings is 2. The summed E-state index contributed by atoms with van der Waals surface area (Å²) in [5, 5.41) is 6.93. The lowest BCUT2D eigenvalue weighted by Crippen LogP contribution is -2.15. The quantitative estimate of drug-likeness (QED) is 0.307. The van der Waals surface area contributed by atoms with Crippen LogP contribution in [0.4, 0.5) is 27.6 Å². The van der Waals surface area contributed by atoms with Crippen LogP contribution in [0.15, 0.2) is 42.6 Å². The van der Waals surface area contributed by atoms with Crippen molar-refractivity contribution in [1.29, 1.82) is 0 Å². The maximum absolute atomic E-state index is 14.5. The number of nitrogens with zero attached hydrogens (tertiary/aromatic N) is 3. The van der Waals surface area contributed by atoms with Crippen LogP contribution in [-0.2, 0) is 0 Å². The van der Waals surface area contributed by atoms with Gasteiger partial charge >= 0.3 is 6.18 Å². The lowest BCUT2D eigenvalue weighted by molar-refractivity contribution is -0.131. The maximum Gasteiger partial charge on any atom is 0.390 e. The van der Waals surface area contributed by atoms with Gasteiger partial charge in [0.2, 0.25) is 23.4 Å². The van der Waals surface area contributed by atoms with Gasteiger partial charge in [-0.05, 0) is 36.8 Å². The van der Waals surface area contributed by atoms with Gasteiger partial charge in [0.15, 0.2) is 17.1 Å². The largest absolute Gasteiger partial charge is 0.494 e. The average Bonchev–Trinajstić information content (AvgIpc) is 3.25. The third-order valence-corrected chi connectivity index (χ3v) is 5.40. The van der Waals surface area contributed by atoms with Gasteiger partial charge < -0.3 is 20.5 Å². The number of aryl methyl sites for hydroxylation is 1. The van der Waals surface area contributed by atoms with Gasteiger partial charge in [0, 0.05) is 23.7 Å². The molecule has 4 rings (SSSR count). The summed E-state index contributed by atoms with van der Waals surface area (Å²) < 4.78 is 78.3. The first-order valence-corrected chi connectivity index (χ1v) is 10.8. The number of aromatic nitrogens is 3. The van der Waals surface area contributed by atoms with Crippen molar-refractivity contribution in [2.45, 2.75) is 19.5 Å². The summed E-state index contributed by atoms with van der Waals surface area (Å²) in [4.78, 5) is 15.8. The molecule has 2 heterocycles. The molecule has 2 aromatic carbocycles. The Morgan fingerprint density at radius 1 is 1.11 bits per heavy atom. The molecule has 3 N–H and O–H groups in total. The van der Waals surface area contributed by atoms with Crippen molar-refractivity contribution in [2.24, 2.45) is 5.73 Å². The number of methoxy groups -OCH3 is 1. The molecule has 194 valence electrons. The Kier molecular flexibility index (Phi) is 6.88. The third kappa shape index (κ3) is 5.39. The van der Waals surface area contributed by atoms with E-state index in [-0.39, 0.29) is 23.0 Å². The molecule has 1 amide bonds. The molecule has 4 aromatic rings. The molecular formula is C24H20F5N5O3. The van der Waals surface area contributed by atoms with Gasteiger partial charge in [-0.1, -0.05) is 6.07 Å². The highest BCUT2D eigenvalue weighted by Crippen LogP contribution is 2.33. The number of imidazole rings is 1. The number of amides is 1. The fraction of sp³-hybridized carbons (Fsp3) is 0.208. The van der Waals surface area contributed by atoms with Crippen LogP contribution in [0.3, 0.4) is 0 Å². The Hall–Kier alpha value is -4.42. The number of hydrogen-bond acceptors (Lipinski definition) is 6. The number of alkyl halides is 3. The monoisotopic (exact) mass is 521 g/mol. The van der Waals surface area contributed by atoms with Gasteiger partial charge in [-0.3, -0.25) is 4.79 Å². The summed E-state index contributed by atoms with van der Waals surface area (Å²) in [6, 6.07) is 8.28. The zero-order valence-corrected chi connectivity index (χ0v) is 19.5. The molecule has 0 atom stereocenters. The molecule has 13 heteroatoms. The second kappa shape index (κ2) is 9.91. The predicted molar refractivity (Wildman–Crippen MR) is 124 cm³/mol. The molecule has 8 nitrogen and oxygen atoms in total. The van der Waals surface area contributed by atoms with Gasteiger partial charge in [0.05, 0.1) is 31.1 Å². The molecule has 0 bridgehead atoms. The number of anilines is 1.